The minimum atomic E-state index is 0. The molecular weight excluding hydrogens is 258 g/mol. The van der Waals surface area contributed by atoms with E-state index in [1.165, 1.54) is 0 Å². The van der Waals surface area contributed by atoms with Crippen molar-refractivity contribution in [2.24, 2.45) is 0 Å². The maximum absolute atomic E-state index is 12.4. The van der Waals surface area contributed by atoms with Crippen LogP contribution in [0.2, 0.25) is 0 Å². The van der Waals surface area contributed by atoms with Crippen LogP contribution in [0.4, 0.5) is 0 Å². The van der Waals surface area contributed by atoms with E-state index in [2.05, 4.69) is 6.58 Å². The topological polar surface area (TPSA) is 20.3 Å². The van der Waals surface area contributed by atoms with E-state index in [-0.39, 0.29) is 18.2 Å². The third kappa shape index (κ3) is 3.43. The van der Waals surface area contributed by atoms with Gasteiger partial charge >= 0.3 is 0 Å². The molecule has 0 N–H and O–H groups in total. The number of likely N-dealkylation sites (N-methyl/N-ethyl adjacent to an activating group) is 1. The highest BCUT2D eigenvalue weighted by atomic mass is 35.5. The zero-order valence-electron chi connectivity index (χ0n) is 11.2. The summed E-state index contributed by atoms with van der Waals surface area (Å²) in [7, 11) is 3.86. The van der Waals surface area contributed by atoms with Crippen LogP contribution in [0.5, 0.6) is 0 Å². The van der Waals surface area contributed by atoms with Crippen molar-refractivity contribution in [2.75, 3.05) is 20.6 Å². The Morgan fingerprint density at radius 2 is 1.74 bits per heavy atom. The van der Waals surface area contributed by atoms with Crippen LogP contribution in [0.15, 0.2) is 54.6 Å². The van der Waals surface area contributed by atoms with Gasteiger partial charge in [-0.25, -0.2) is 0 Å². The maximum Gasteiger partial charge on any atom is 0.190 e. The molecule has 0 unspecified atom stereocenters. The van der Waals surface area contributed by atoms with Crippen molar-refractivity contribution in [2.45, 2.75) is 0 Å². The zero-order chi connectivity index (χ0) is 13.1. The predicted octanol–water partition coefficient (Wildman–Crippen LogP) is 3.56. The predicted molar refractivity (Wildman–Crippen MR) is 83.2 cm³/mol. The number of rotatable bonds is 4. The molecule has 19 heavy (non-hydrogen) atoms. The smallest absolute Gasteiger partial charge is 0.190 e. The second-order valence-electron chi connectivity index (χ2n) is 4.70. The lowest BCUT2D eigenvalue weighted by Gasteiger charge is -2.12. The molecule has 0 heterocycles. The lowest BCUT2D eigenvalue weighted by atomic mass is 9.98. The normalized spacial score (nSPS) is 10.3. The molecule has 3 heteroatoms. The molecule has 0 fully saturated rings. The second kappa shape index (κ2) is 6.50. The summed E-state index contributed by atoms with van der Waals surface area (Å²) in [4.78, 5) is 14.3. The van der Waals surface area contributed by atoms with Crippen LogP contribution in [0, 0.1) is 0 Å². The molecule has 2 rings (SSSR count). The molecule has 2 aromatic rings. The van der Waals surface area contributed by atoms with Gasteiger partial charge in [0.15, 0.2) is 5.78 Å². The third-order valence-corrected chi connectivity index (χ3v) is 2.86. The van der Waals surface area contributed by atoms with Gasteiger partial charge in [0.05, 0.1) is 0 Å². The number of carbonyl (C=O) groups excluding carboxylic acids is 1. The average Bonchev–Trinajstić information content (AvgIpc) is 2.36. The van der Waals surface area contributed by atoms with E-state index in [9.17, 15) is 4.79 Å². The van der Waals surface area contributed by atoms with Crippen molar-refractivity contribution in [3.8, 4) is 0 Å². The van der Waals surface area contributed by atoms with Crippen LogP contribution in [0.1, 0.15) is 10.4 Å². The number of nitrogens with zero attached hydrogens (tertiary/aromatic N) is 1. The van der Waals surface area contributed by atoms with E-state index in [1.54, 1.807) is 0 Å². The SMILES string of the molecule is C=C(CN(C)C)C(=O)c1cccc2ccccc12.Cl. The number of ketones is 1. The summed E-state index contributed by atoms with van der Waals surface area (Å²) in [5, 5.41) is 2.07. The van der Waals surface area contributed by atoms with Gasteiger partial charge in [-0.1, -0.05) is 49.0 Å². The first-order valence-corrected chi connectivity index (χ1v) is 5.94. The van der Waals surface area contributed by atoms with Gasteiger partial charge in [-0.15, -0.1) is 12.4 Å². The first-order chi connectivity index (χ1) is 8.59. The first kappa shape index (κ1) is 15.4. The highest BCUT2D eigenvalue weighted by Crippen LogP contribution is 2.20. The third-order valence-electron chi connectivity index (χ3n) is 2.86. The fourth-order valence-corrected chi connectivity index (χ4v) is 2.07. The lowest BCUT2D eigenvalue weighted by molar-refractivity contribution is 0.102. The lowest BCUT2D eigenvalue weighted by Crippen LogP contribution is -2.19. The number of carbonyl (C=O) groups is 1. The first-order valence-electron chi connectivity index (χ1n) is 5.94. The van der Waals surface area contributed by atoms with Crippen LogP contribution in [0.3, 0.4) is 0 Å². The van der Waals surface area contributed by atoms with Gasteiger partial charge < -0.3 is 4.90 Å². The van der Waals surface area contributed by atoms with Gasteiger partial charge in [-0.05, 0) is 24.9 Å². The number of fused-ring (bicyclic) bond motifs is 1. The van der Waals surface area contributed by atoms with Crippen LogP contribution in [-0.4, -0.2) is 31.3 Å². The molecule has 0 amide bonds. The van der Waals surface area contributed by atoms with Gasteiger partial charge in [-0.2, -0.15) is 0 Å². The zero-order valence-corrected chi connectivity index (χ0v) is 12.0. The highest BCUT2D eigenvalue weighted by Gasteiger charge is 2.13. The largest absolute Gasteiger partial charge is 0.305 e. The van der Waals surface area contributed by atoms with Gasteiger partial charge in [0.2, 0.25) is 0 Å². The average molecular weight is 276 g/mol. The van der Waals surface area contributed by atoms with E-state index in [0.29, 0.717) is 12.1 Å². The molecule has 0 radical (unpaired) electrons. The highest BCUT2D eigenvalue weighted by molar-refractivity contribution is 6.16. The van der Waals surface area contributed by atoms with E-state index in [4.69, 9.17) is 0 Å². The molecule has 0 aliphatic rings. The Hall–Kier alpha value is -1.64. The Morgan fingerprint density at radius 3 is 2.42 bits per heavy atom. The number of halogens is 1. The summed E-state index contributed by atoms with van der Waals surface area (Å²) in [5.74, 6) is 0.0282. The number of benzene rings is 2. The summed E-state index contributed by atoms with van der Waals surface area (Å²) in [6, 6.07) is 13.7. The monoisotopic (exact) mass is 275 g/mol. The van der Waals surface area contributed by atoms with Gasteiger partial charge in [0, 0.05) is 17.7 Å². The Morgan fingerprint density at radius 1 is 1.11 bits per heavy atom. The fourth-order valence-electron chi connectivity index (χ4n) is 2.07. The number of hydrogen-bond acceptors (Lipinski definition) is 2. The molecule has 0 atom stereocenters. The fraction of sp³-hybridized carbons (Fsp3) is 0.188. The maximum atomic E-state index is 12.4. The van der Waals surface area contributed by atoms with E-state index in [1.807, 2.05) is 61.5 Å². The molecule has 0 saturated heterocycles. The van der Waals surface area contributed by atoms with E-state index in [0.717, 1.165) is 16.3 Å². The number of hydrogen-bond donors (Lipinski definition) is 0. The van der Waals surface area contributed by atoms with Gasteiger partial charge in [0.25, 0.3) is 0 Å². The van der Waals surface area contributed by atoms with Crippen LogP contribution in [0.25, 0.3) is 10.8 Å². The second-order valence-corrected chi connectivity index (χ2v) is 4.70. The quantitative estimate of drug-likeness (QED) is 0.628. The Kier molecular flexibility index (Phi) is 5.28. The molecule has 2 nitrogen and oxygen atoms in total. The van der Waals surface area contributed by atoms with Gasteiger partial charge in [0.1, 0.15) is 0 Å². The summed E-state index contributed by atoms with van der Waals surface area (Å²) >= 11 is 0. The van der Waals surface area contributed by atoms with Gasteiger partial charge in [-0.3, -0.25) is 4.79 Å². The van der Waals surface area contributed by atoms with Crippen molar-refractivity contribution in [3.63, 3.8) is 0 Å². The Balaban J connectivity index is 0.00000180. The van der Waals surface area contributed by atoms with Crippen LogP contribution >= 0.6 is 12.4 Å². The standard InChI is InChI=1S/C16H17NO.ClH/c1-12(11-17(2)3)16(18)15-10-6-8-13-7-4-5-9-14(13)15;/h4-10H,1,11H2,2-3H3;1H. The summed E-state index contributed by atoms with van der Waals surface area (Å²) in [6.45, 7) is 4.47. The summed E-state index contributed by atoms with van der Waals surface area (Å²) in [6.07, 6.45) is 0. The van der Waals surface area contributed by atoms with Crippen LogP contribution in [-0.2, 0) is 0 Å². The van der Waals surface area contributed by atoms with Crippen molar-refractivity contribution in [1.82, 2.24) is 4.90 Å². The van der Waals surface area contributed by atoms with Crippen molar-refractivity contribution >= 4 is 29.0 Å². The van der Waals surface area contributed by atoms with Crippen molar-refractivity contribution < 1.29 is 4.79 Å². The summed E-state index contributed by atoms with van der Waals surface area (Å²) < 4.78 is 0. The molecule has 0 bridgehead atoms. The molecule has 0 saturated carbocycles. The number of Topliss-reactive ketones (excluding diaryl/α,β-unsaturated/α-hetero) is 1. The molecule has 100 valence electrons. The van der Waals surface area contributed by atoms with Crippen molar-refractivity contribution in [1.29, 1.82) is 0 Å². The molecule has 0 spiro atoms. The molecular formula is C16H18ClNO. The molecule has 2 aromatic carbocycles. The van der Waals surface area contributed by atoms with Crippen molar-refractivity contribution in [3.05, 3.63) is 60.2 Å². The Labute approximate surface area is 120 Å². The Bertz CT molecular complexity index is 599. The summed E-state index contributed by atoms with van der Waals surface area (Å²) in [5.41, 5.74) is 1.36. The van der Waals surface area contributed by atoms with E-state index >= 15 is 0 Å². The van der Waals surface area contributed by atoms with E-state index < -0.39 is 0 Å². The van der Waals surface area contributed by atoms with Crippen LogP contribution < -0.4 is 0 Å². The minimum Gasteiger partial charge on any atom is -0.305 e. The molecule has 0 aromatic heterocycles. The molecule has 0 aliphatic heterocycles. The minimum absolute atomic E-state index is 0. The molecule has 0 aliphatic carbocycles.